The number of carbonyl (C=O) groups excluding carboxylic acids is 1. The molecular weight excluding hydrogens is 236 g/mol. The molecule has 0 radical (unpaired) electrons. The highest BCUT2D eigenvalue weighted by Crippen LogP contribution is 2.37. The Hall–Kier alpha value is -1.85. The van der Waals surface area contributed by atoms with E-state index < -0.39 is 10.8 Å². The van der Waals surface area contributed by atoms with E-state index in [9.17, 15) is 14.9 Å². The van der Waals surface area contributed by atoms with Crippen molar-refractivity contribution in [2.24, 2.45) is 5.41 Å². The summed E-state index contributed by atoms with van der Waals surface area (Å²) in [5.41, 5.74) is 0.243. The van der Waals surface area contributed by atoms with Crippen molar-refractivity contribution in [1.82, 2.24) is 5.32 Å². The molecule has 1 amide bonds. The summed E-state index contributed by atoms with van der Waals surface area (Å²) in [6, 6.07) is 2.64. The van der Waals surface area contributed by atoms with Gasteiger partial charge in [-0.25, -0.2) is 0 Å². The van der Waals surface area contributed by atoms with Crippen LogP contribution >= 0.6 is 0 Å². The standard InChI is InChI=1S/C12H16N2O4/c1-12(2)6-5-8(7-12)13-11(15)9-3-4-10(18-9)14(16)17/h3-4,8H,5-7H2,1-2H3,(H,13,15). The molecule has 98 valence electrons. The number of nitro groups is 1. The van der Waals surface area contributed by atoms with Gasteiger partial charge >= 0.3 is 5.88 Å². The summed E-state index contributed by atoms with van der Waals surface area (Å²) in [4.78, 5) is 21.6. The van der Waals surface area contributed by atoms with Gasteiger partial charge in [0.2, 0.25) is 0 Å². The van der Waals surface area contributed by atoms with Crippen molar-refractivity contribution in [2.45, 2.75) is 39.2 Å². The van der Waals surface area contributed by atoms with Gasteiger partial charge in [0.05, 0.1) is 6.07 Å². The lowest BCUT2D eigenvalue weighted by molar-refractivity contribution is -0.402. The van der Waals surface area contributed by atoms with E-state index in [4.69, 9.17) is 4.42 Å². The average molecular weight is 252 g/mol. The lowest BCUT2D eigenvalue weighted by Crippen LogP contribution is -2.33. The van der Waals surface area contributed by atoms with Crippen molar-refractivity contribution in [3.8, 4) is 0 Å². The number of furan rings is 1. The molecule has 1 unspecified atom stereocenters. The summed E-state index contributed by atoms with van der Waals surface area (Å²) in [5.74, 6) is -0.802. The summed E-state index contributed by atoms with van der Waals surface area (Å²) in [5, 5.41) is 13.3. The third kappa shape index (κ3) is 2.69. The first-order valence-electron chi connectivity index (χ1n) is 5.92. The van der Waals surface area contributed by atoms with Crippen LogP contribution in [-0.4, -0.2) is 16.9 Å². The van der Waals surface area contributed by atoms with Gasteiger partial charge in [0.25, 0.3) is 5.91 Å². The van der Waals surface area contributed by atoms with Gasteiger partial charge in [-0.2, -0.15) is 0 Å². The Kier molecular flexibility index (Phi) is 3.11. The summed E-state index contributed by atoms with van der Waals surface area (Å²) in [6.07, 6.45) is 2.92. The molecule has 0 saturated heterocycles. The predicted octanol–water partition coefficient (Wildman–Crippen LogP) is 2.50. The minimum atomic E-state index is -0.657. The summed E-state index contributed by atoms with van der Waals surface area (Å²) < 4.78 is 4.86. The van der Waals surface area contributed by atoms with Crippen molar-refractivity contribution in [2.75, 3.05) is 0 Å². The lowest BCUT2D eigenvalue weighted by atomic mass is 9.92. The van der Waals surface area contributed by atoms with E-state index in [-0.39, 0.29) is 23.1 Å². The molecule has 1 aromatic heterocycles. The second-order valence-corrected chi connectivity index (χ2v) is 5.47. The van der Waals surface area contributed by atoms with Gasteiger partial charge in [0, 0.05) is 6.04 Å². The van der Waals surface area contributed by atoms with E-state index in [1.54, 1.807) is 0 Å². The predicted molar refractivity (Wildman–Crippen MR) is 64.2 cm³/mol. The molecule has 6 heteroatoms. The second kappa shape index (κ2) is 4.44. The summed E-state index contributed by atoms with van der Waals surface area (Å²) in [6.45, 7) is 4.33. The molecule has 1 N–H and O–H groups in total. The van der Waals surface area contributed by atoms with E-state index >= 15 is 0 Å². The molecule has 1 aliphatic rings. The van der Waals surface area contributed by atoms with E-state index in [1.165, 1.54) is 12.1 Å². The zero-order valence-corrected chi connectivity index (χ0v) is 10.4. The van der Waals surface area contributed by atoms with Crippen LogP contribution in [-0.2, 0) is 0 Å². The molecule has 1 fully saturated rings. The topological polar surface area (TPSA) is 85.4 Å². The highest BCUT2D eigenvalue weighted by molar-refractivity contribution is 5.91. The fourth-order valence-corrected chi connectivity index (χ4v) is 2.36. The fourth-order valence-electron chi connectivity index (χ4n) is 2.36. The maximum absolute atomic E-state index is 11.8. The smallest absolute Gasteiger partial charge is 0.395 e. The van der Waals surface area contributed by atoms with Crippen LogP contribution < -0.4 is 5.32 Å². The average Bonchev–Trinajstić information content (AvgIpc) is 2.85. The molecule has 0 bridgehead atoms. The van der Waals surface area contributed by atoms with Crippen LogP contribution in [0.1, 0.15) is 43.7 Å². The molecule has 1 atom stereocenters. The Bertz CT molecular complexity index is 478. The highest BCUT2D eigenvalue weighted by atomic mass is 16.6. The third-order valence-corrected chi connectivity index (χ3v) is 3.30. The van der Waals surface area contributed by atoms with Gasteiger partial charge in [-0.15, -0.1) is 0 Å². The number of hydrogen-bond donors (Lipinski definition) is 1. The quantitative estimate of drug-likeness (QED) is 0.661. The fraction of sp³-hybridized carbons (Fsp3) is 0.583. The Morgan fingerprint density at radius 2 is 2.28 bits per heavy atom. The molecule has 0 aromatic carbocycles. The van der Waals surface area contributed by atoms with Crippen LogP contribution in [0.25, 0.3) is 0 Å². The maximum atomic E-state index is 11.8. The number of nitrogens with one attached hydrogen (secondary N) is 1. The number of hydrogen-bond acceptors (Lipinski definition) is 4. The van der Waals surface area contributed by atoms with E-state index in [0.717, 1.165) is 19.3 Å². The van der Waals surface area contributed by atoms with Crippen LogP contribution in [0.3, 0.4) is 0 Å². The van der Waals surface area contributed by atoms with Gasteiger partial charge < -0.3 is 9.73 Å². The monoisotopic (exact) mass is 252 g/mol. The molecule has 0 spiro atoms. The number of carbonyl (C=O) groups is 1. The van der Waals surface area contributed by atoms with Crippen LogP contribution in [0, 0.1) is 15.5 Å². The molecule has 1 heterocycles. The second-order valence-electron chi connectivity index (χ2n) is 5.47. The van der Waals surface area contributed by atoms with Crippen LogP contribution in [0.15, 0.2) is 16.5 Å². The molecule has 0 aliphatic heterocycles. The first-order valence-corrected chi connectivity index (χ1v) is 5.92. The largest absolute Gasteiger partial charge is 0.433 e. The zero-order chi connectivity index (χ0) is 13.3. The van der Waals surface area contributed by atoms with Crippen molar-refractivity contribution in [3.63, 3.8) is 0 Å². The summed E-state index contributed by atoms with van der Waals surface area (Å²) in [7, 11) is 0. The number of rotatable bonds is 3. The SMILES string of the molecule is CC1(C)CCC(NC(=O)c2ccc([N+](=O)[O-])o2)C1. The van der Waals surface area contributed by atoms with Crippen LogP contribution in [0.2, 0.25) is 0 Å². The molecule has 2 rings (SSSR count). The number of nitrogens with zero attached hydrogens (tertiary/aromatic N) is 1. The lowest BCUT2D eigenvalue weighted by Gasteiger charge is -2.17. The van der Waals surface area contributed by atoms with Crippen LogP contribution in [0.4, 0.5) is 5.88 Å². The van der Waals surface area contributed by atoms with Gasteiger partial charge in [-0.3, -0.25) is 14.9 Å². The molecule has 1 aliphatic carbocycles. The van der Waals surface area contributed by atoms with Crippen molar-refractivity contribution >= 4 is 11.8 Å². The minimum absolute atomic E-state index is 0.00796. The highest BCUT2D eigenvalue weighted by Gasteiger charge is 2.32. The Labute approximate surface area is 105 Å². The summed E-state index contributed by atoms with van der Waals surface area (Å²) >= 11 is 0. The van der Waals surface area contributed by atoms with Crippen molar-refractivity contribution in [1.29, 1.82) is 0 Å². The molecular formula is C12H16N2O4. The van der Waals surface area contributed by atoms with Gasteiger partial charge in [-0.05, 0) is 30.7 Å². The van der Waals surface area contributed by atoms with E-state index in [2.05, 4.69) is 19.2 Å². The molecule has 1 saturated carbocycles. The van der Waals surface area contributed by atoms with E-state index in [1.807, 2.05) is 0 Å². The first-order chi connectivity index (χ1) is 8.37. The Balaban J connectivity index is 1.97. The third-order valence-electron chi connectivity index (χ3n) is 3.30. The Morgan fingerprint density at radius 1 is 1.56 bits per heavy atom. The van der Waals surface area contributed by atoms with Crippen molar-refractivity contribution < 1.29 is 14.1 Å². The first kappa shape index (κ1) is 12.6. The molecule has 18 heavy (non-hydrogen) atoms. The molecule has 1 aromatic rings. The minimum Gasteiger partial charge on any atom is -0.395 e. The molecule has 6 nitrogen and oxygen atoms in total. The van der Waals surface area contributed by atoms with Gasteiger partial charge in [0.15, 0.2) is 5.76 Å². The van der Waals surface area contributed by atoms with E-state index in [0.29, 0.717) is 0 Å². The zero-order valence-electron chi connectivity index (χ0n) is 10.4. The van der Waals surface area contributed by atoms with Gasteiger partial charge in [-0.1, -0.05) is 13.8 Å². The Morgan fingerprint density at radius 3 is 2.78 bits per heavy atom. The van der Waals surface area contributed by atoms with Crippen molar-refractivity contribution in [3.05, 3.63) is 28.0 Å². The maximum Gasteiger partial charge on any atom is 0.433 e. The normalized spacial score (nSPS) is 21.8. The van der Waals surface area contributed by atoms with Crippen LogP contribution in [0.5, 0.6) is 0 Å². The van der Waals surface area contributed by atoms with Gasteiger partial charge in [0.1, 0.15) is 4.92 Å². The number of amides is 1.